The van der Waals surface area contributed by atoms with Gasteiger partial charge in [0.2, 0.25) is 4.96 Å². The molecule has 8 heteroatoms. The highest BCUT2D eigenvalue weighted by Gasteiger charge is 2.33. The molecule has 0 bridgehead atoms. The first-order valence-electron chi connectivity index (χ1n) is 11.6. The van der Waals surface area contributed by atoms with E-state index in [2.05, 4.69) is 30.9 Å². The molecule has 34 heavy (non-hydrogen) atoms. The van der Waals surface area contributed by atoms with Crippen molar-refractivity contribution in [1.82, 2.24) is 14.6 Å². The Labute approximate surface area is 201 Å². The van der Waals surface area contributed by atoms with Crippen molar-refractivity contribution in [3.63, 3.8) is 0 Å². The van der Waals surface area contributed by atoms with Crippen LogP contribution in [-0.2, 0) is 4.79 Å². The van der Waals surface area contributed by atoms with Gasteiger partial charge < -0.3 is 9.64 Å². The fourth-order valence-corrected chi connectivity index (χ4v) is 5.01. The number of unbranched alkanes of at least 4 members (excludes halogenated alkanes) is 1. The Bertz CT molecular complexity index is 1470. The van der Waals surface area contributed by atoms with Gasteiger partial charge in [0.15, 0.2) is 5.82 Å². The van der Waals surface area contributed by atoms with Crippen LogP contribution in [0.15, 0.2) is 53.3 Å². The predicted molar refractivity (Wildman–Crippen MR) is 134 cm³/mol. The van der Waals surface area contributed by atoms with Gasteiger partial charge in [-0.3, -0.25) is 9.59 Å². The van der Waals surface area contributed by atoms with Crippen LogP contribution in [0.1, 0.15) is 39.2 Å². The molecule has 5 rings (SSSR count). The Morgan fingerprint density at radius 2 is 1.82 bits per heavy atom. The van der Waals surface area contributed by atoms with E-state index in [-0.39, 0.29) is 11.5 Å². The van der Waals surface area contributed by atoms with Crippen LogP contribution in [0, 0.1) is 5.92 Å². The molecule has 1 aliphatic heterocycles. The van der Waals surface area contributed by atoms with Gasteiger partial charge in [-0.1, -0.05) is 56.7 Å². The summed E-state index contributed by atoms with van der Waals surface area (Å²) in [6.07, 6.45) is 1.88. The van der Waals surface area contributed by atoms with Crippen molar-refractivity contribution < 1.29 is 9.53 Å². The minimum atomic E-state index is -0.314. The van der Waals surface area contributed by atoms with Crippen molar-refractivity contribution in [2.24, 2.45) is 5.92 Å². The molecule has 1 amide bonds. The topological polar surface area (TPSA) is 76.8 Å². The molecule has 4 aromatic rings. The fourth-order valence-electron chi connectivity index (χ4n) is 4.01. The number of benzene rings is 2. The zero-order valence-corrected chi connectivity index (χ0v) is 20.3. The quantitative estimate of drug-likeness (QED) is 0.406. The second-order valence-electron chi connectivity index (χ2n) is 8.80. The lowest BCUT2D eigenvalue weighted by Gasteiger charge is -2.16. The minimum Gasteiger partial charge on any atom is -0.493 e. The second-order valence-corrected chi connectivity index (χ2v) is 9.78. The lowest BCUT2D eigenvalue weighted by Crippen LogP contribution is -2.33. The van der Waals surface area contributed by atoms with E-state index in [0.29, 0.717) is 40.0 Å². The van der Waals surface area contributed by atoms with E-state index in [1.807, 2.05) is 48.5 Å². The molecule has 0 aliphatic carbocycles. The minimum absolute atomic E-state index is 0.131. The number of carbonyl (C=O) groups excluding carboxylic acids is 1. The number of fused-ring (bicyclic) bond motifs is 2. The summed E-state index contributed by atoms with van der Waals surface area (Å²) >= 11 is 1.21. The molecule has 1 aliphatic rings. The molecule has 7 nitrogen and oxygen atoms in total. The van der Waals surface area contributed by atoms with Crippen LogP contribution >= 0.6 is 11.3 Å². The molecule has 0 radical (unpaired) electrons. The van der Waals surface area contributed by atoms with E-state index < -0.39 is 0 Å². The average molecular weight is 475 g/mol. The molecule has 0 saturated carbocycles. The number of thiazole rings is 1. The summed E-state index contributed by atoms with van der Waals surface area (Å²) in [5.41, 5.74) is 2.58. The summed E-state index contributed by atoms with van der Waals surface area (Å²) in [6.45, 7) is 7.58. The lowest BCUT2D eigenvalue weighted by atomic mass is 10.1. The zero-order chi connectivity index (χ0) is 23.8. The van der Waals surface area contributed by atoms with E-state index in [9.17, 15) is 9.59 Å². The van der Waals surface area contributed by atoms with Gasteiger partial charge in [-0.25, -0.2) is 0 Å². The standard InChI is InChI=1S/C26H26N4O3S/c1-4-5-14-29-20-9-7-6-8-19(20)21(24(29)31)22-25(32)30-26(34-22)27-23(28-30)17-10-12-18(13-11-17)33-15-16(2)3/h6-13,16H,4-5,14-15H2,1-3H3. The van der Waals surface area contributed by atoms with Crippen LogP contribution < -0.4 is 19.7 Å². The van der Waals surface area contributed by atoms with Crippen molar-refractivity contribution >= 4 is 33.5 Å². The average Bonchev–Trinajstić information content (AvgIpc) is 3.47. The molecule has 2 aromatic heterocycles. The number of carbonyl (C=O) groups is 1. The van der Waals surface area contributed by atoms with Crippen molar-refractivity contribution in [3.05, 3.63) is 69.0 Å². The van der Waals surface area contributed by atoms with Crippen LogP contribution in [0.5, 0.6) is 5.75 Å². The van der Waals surface area contributed by atoms with Gasteiger partial charge in [0.25, 0.3) is 11.5 Å². The highest BCUT2D eigenvalue weighted by molar-refractivity contribution is 7.15. The Morgan fingerprint density at radius 1 is 1.06 bits per heavy atom. The van der Waals surface area contributed by atoms with Gasteiger partial charge in [0.05, 0.1) is 17.9 Å². The number of hydrogen-bond acceptors (Lipinski definition) is 6. The molecule has 0 saturated heterocycles. The maximum atomic E-state index is 13.3. The summed E-state index contributed by atoms with van der Waals surface area (Å²) in [7, 11) is 0. The molecule has 0 spiro atoms. The maximum absolute atomic E-state index is 13.3. The molecule has 0 unspecified atom stereocenters. The summed E-state index contributed by atoms with van der Waals surface area (Å²) in [5, 5.41) is 4.45. The maximum Gasteiger partial charge on any atom is 0.291 e. The van der Waals surface area contributed by atoms with Gasteiger partial charge in [0, 0.05) is 17.7 Å². The first kappa shape index (κ1) is 22.3. The van der Waals surface area contributed by atoms with Crippen molar-refractivity contribution in [2.45, 2.75) is 33.6 Å². The number of amides is 1. The lowest BCUT2D eigenvalue weighted by molar-refractivity contribution is -0.113. The SMILES string of the molecule is CCCCN1C(=O)C(=c2sc3nc(-c4ccc(OCC(C)C)cc4)nn3c2=O)c2ccccc21. The highest BCUT2D eigenvalue weighted by Crippen LogP contribution is 2.35. The first-order valence-corrected chi connectivity index (χ1v) is 12.4. The van der Waals surface area contributed by atoms with E-state index in [0.717, 1.165) is 35.4 Å². The van der Waals surface area contributed by atoms with Crippen LogP contribution in [0.25, 0.3) is 21.9 Å². The molecule has 2 aromatic carbocycles. The first-order chi connectivity index (χ1) is 16.5. The van der Waals surface area contributed by atoms with E-state index in [1.165, 1.54) is 15.9 Å². The molecular weight excluding hydrogens is 448 g/mol. The Balaban J connectivity index is 1.53. The predicted octanol–water partition coefficient (Wildman–Crippen LogP) is 3.92. The Morgan fingerprint density at radius 3 is 2.53 bits per heavy atom. The van der Waals surface area contributed by atoms with Gasteiger partial charge >= 0.3 is 0 Å². The summed E-state index contributed by atoms with van der Waals surface area (Å²) in [4.78, 5) is 33.5. The van der Waals surface area contributed by atoms with Crippen LogP contribution in [-0.4, -0.2) is 33.7 Å². The number of aromatic nitrogens is 3. The zero-order valence-electron chi connectivity index (χ0n) is 19.4. The van der Waals surface area contributed by atoms with Gasteiger partial charge in [-0.2, -0.15) is 9.50 Å². The fraction of sp³-hybridized carbons (Fsp3) is 0.308. The van der Waals surface area contributed by atoms with E-state index in [1.54, 1.807) is 4.90 Å². The number of para-hydroxylation sites is 1. The molecular formula is C26H26N4O3S. The van der Waals surface area contributed by atoms with Crippen molar-refractivity contribution in [2.75, 3.05) is 18.1 Å². The molecule has 0 atom stereocenters. The van der Waals surface area contributed by atoms with Crippen LogP contribution in [0.2, 0.25) is 0 Å². The monoisotopic (exact) mass is 474 g/mol. The number of ether oxygens (including phenoxy) is 1. The Hall–Kier alpha value is -3.52. The normalized spacial score (nSPS) is 14.9. The second kappa shape index (κ2) is 9.02. The van der Waals surface area contributed by atoms with Crippen LogP contribution in [0.3, 0.4) is 0 Å². The number of hydrogen-bond donors (Lipinski definition) is 0. The summed E-state index contributed by atoms with van der Waals surface area (Å²) in [6, 6.07) is 15.2. The molecule has 0 fully saturated rings. The third-order valence-corrected chi connectivity index (χ3v) is 6.77. The Kier molecular flexibility index (Phi) is 5.91. The molecule has 3 heterocycles. The van der Waals surface area contributed by atoms with E-state index >= 15 is 0 Å². The smallest absolute Gasteiger partial charge is 0.291 e. The van der Waals surface area contributed by atoms with E-state index in [4.69, 9.17) is 4.74 Å². The summed E-state index contributed by atoms with van der Waals surface area (Å²) < 4.78 is 7.42. The number of anilines is 1. The third kappa shape index (κ3) is 3.88. The highest BCUT2D eigenvalue weighted by atomic mass is 32.1. The summed E-state index contributed by atoms with van der Waals surface area (Å²) in [5.74, 6) is 1.57. The van der Waals surface area contributed by atoms with Crippen molar-refractivity contribution in [3.8, 4) is 17.1 Å². The third-order valence-electron chi connectivity index (χ3n) is 5.74. The van der Waals surface area contributed by atoms with Crippen molar-refractivity contribution in [1.29, 1.82) is 0 Å². The molecule has 174 valence electrons. The van der Waals surface area contributed by atoms with Gasteiger partial charge in [0.1, 0.15) is 10.3 Å². The van der Waals surface area contributed by atoms with Gasteiger partial charge in [-0.05, 0) is 42.7 Å². The largest absolute Gasteiger partial charge is 0.493 e. The molecule has 0 N–H and O–H groups in total. The number of nitrogens with zero attached hydrogens (tertiary/aromatic N) is 4. The number of rotatable bonds is 7. The van der Waals surface area contributed by atoms with Crippen LogP contribution in [0.4, 0.5) is 5.69 Å². The van der Waals surface area contributed by atoms with Gasteiger partial charge in [-0.15, -0.1) is 5.10 Å².